The van der Waals surface area contributed by atoms with Gasteiger partial charge in [-0.05, 0) is 24.0 Å². The highest BCUT2D eigenvalue weighted by atomic mass is 19.1. The number of halogens is 2. The molecule has 1 aromatic carbocycles. The third kappa shape index (κ3) is 5.23. The van der Waals surface area contributed by atoms with Gasteiger partial charge in [-0.1, -0.05) is 26.8 Å². The molecule has 130 valence electrons. The molecule has 5 heteroatoms. The molecule has 1 N–H and O–H groups in total. The normalized spacial score (nSPS) is 20.9. The van der Waals surface area contributed by atoms with E-state index >= 15 is 0 Å². The van der Waals surface area contributed by atoms with E-state index in [4.69, 9.17) is 0 Å². The van der Waals surface area contributed by atoms with Crippen molar-refractivity contribution in [3.8, 4) is 0 Å². The molecule has 1 aliphatic rings. The van der Waals surface area contributed by atoms with Crippen LogP contribution in [-0.4, -0.2) is 53.7 Å². The van der Waals surface area contributed by atoms with Crippen LogP contribution in [0, 0.1) is 17.0 Å². The second-order valence-corrected chi connectivity index (χ2v) is 7.63. The molecule has 0 spiro atoms. The Morgan fingerprint density at radius 1 is 1.17 bits per heavy atom. The summed E-state index contributed by atoms with van der Waals surface area (Å²) in [7, 11) is 0. The van der Waals surface area contributed by atoms with Crippen LogP contribution in [-0.2, 0) is 6.54 Å². The average Bonchev–Trinajstić information content (AvgIpc) is 2.44. The van der Waals surface area contributed by atoms with Gasteiger partial charge < -0.3 is 5.11 Å². The molecule has 2 rings (SSSR count). The number of nitrogens with zero attached hydrogens (tertiary/aromatic N) is 2. The topological polar surface area (TPSA) is 26.7 Å². The SMILES string of the molecule is CC(C)(C)CN1CCN(Cc2c(F)cccc2F)CC1CCO. The van der Waals surface area contributed by atoms with Gasteiger partial charge in [0.25, 0.3) is 0 Å². The van der Waals surface area contributed by atoms with E-state index in [1.54, 1.807) is 0 Å². The molecule has 0 radical (unpaired) electrons. The highest BCUT2D eigenvalue weighted by Gasteiger charge is 2.30. The van der Waals surface area contributed by atoms with Crippen LogP contribution in [0.5, 0.6) is 0 Å². The summed E-state index contributed by atoms with van der Waals surface area (Å²) in [4.78, 5) is 4.48. The number of rotatable bonds is 5. The van der Waals surface area contributed by atoms with E-state index in [9.17, 15) is 13.9 Å². The van der Waals surface area contributed by atoms with Gasteiger partial charge in [-0.3, -0.25) is 9.80 Å². The Bertz CT molecular complexity index is 496. The number of aliphatic hydroxyl groups excluding tert-OH is 1. The number of hydrogen-bond donors (Lipinski definition) is 1. The minimum absolute atomic E-state index is 0.132. The Balaban J connectivity index is 2.04. The molecule has 0 bridgehead atoms. The number of benzene rings is 1. The first-order valence-electron chi connectivity index (χ1n) is 8.30. The fourth-order valence-corrected chi connectivity index (χ4v) is 3.25. The Kier molecular flexibility index (Phi) is 6.12. The van der Waals surface area contributed by atoms with Crippen molar-refractivity contribution in [1.29, 1.82) is 0 Å². The maximum Gasteiger partial charge on any atom is 0.130 e. The molecule has 1 aliphatic heterocycles. The molecular formula is C18H28F2N2O. The molecule has 3 nitrogen and oxygen atoms in total. The van der Waals surface area contributed by atoms with E-state index in [2.05, 4.69) is 30.6 Å². The zero-order valence-electron chi connectivity index (χ0n) is 14.4. The zero-order chi connectivity index (χ0) is 17.0. The van der Waals surface area contributed by atoms with E-state index in [0.29, 0.717) is 6.42 Å². The van der Waals surface area contributed by atoms with Gasteiger partial charge in [0.05, 0.1) is 0 Å². The van der Waals surface area contributed by atoms with Crippen LogP contribution >= 0.6 is 0 Å². The van der Waals surface area contributed by atoms with Gasteiger partial charge in [-0.25, -0.2) is 8.78 Å². The largest absolute Gasteiger partial charge is 0.396 e. The number of hydrogen-bond acceptors (Lipinski definition) is 3. The van der Waals surface area contributed by atoms with Gasteiger partial charge in [-0.15, -0.1) is 0 Å². The first-order chi connectivity index (χ1) is 10.8. The molecule has 0 saturated carbocycles. The van der Waals surface area contributed by atoms with Crippen molar-refractivity contribution < 1.29 is 13.9 Å². The maximum atomic E-state index is 13.8. The van der Waals surface area contributed by atoms with Crippen molar-refractivity contribution in [2.45, 2.75) is 39.8 Å². The fourth-order valence-electron chi connectivity index (χ4n) is 3.25. The van der Waals surface area contributed by atoms with Crippen LogP contribution in [0.3, 0.4) is 0 Å². The molecule has 1 atom stereocenters. The van der Waals surface area contributed by atoms with Crippen molar-refractivity contribution in [2.24, 2.45) is 5.41 Å². The summed E-state index contributed by atoms with van der Waals surface area (Å²) in [6, 6.07) is 4.23. The molecular weight excluding hydrogens is 298 g/mol. The highest BCUT2D eigenvalue weighted by Crippen LogP contribution is 2.23. The van der Waals surface area contributed by atoms with Crippen molar-refractivity contribution in [3.05, 3.63) is 35.4 Å². The van der Waals surface area contributed by atoms with Crippen LogP contribution < -0.4 is 0 Å². The zero-order valence-corrected chi connectivity index (χ0v) is 14.4. The van der Waals surface area contributed by atoms with E-state index in [0.717, 1.165) is 26.2 Å². The molecule has 23 heavy (non-hydrogen) atoms. The standard InChI is InChI=1S/C18H28F2N2O/c1-18(2,3)13-22-9-8-21(11-14(22)7-10-23)12-15-16(19)5-4-6-17(15)20/h4-6,14,23H,7-13H2,1-3H3. The van der Waals surface area contributed by atoms with Gasteiger partial charge >= 0.3 is 0 Å². The van der Waals surface area contributed by atoms with Gasteiger partial charge in [0.15, 0.2) is 0 Å². The van der Waals surface area contributed by atoms with Crippen LogP contribution in [0.1, 0.15) is 32.8 Å². The average molecular weight is 326 g/mol. The van der Waals surface area contributed by atoms with Crippen LogP contribution in [0.25, 0.3) is 0 Å². The Morgan fingerprint density at radius 2 is 1.83 bits per heavy atom. The maximum absolute atomic E-state index is 13.8. The molecule has 0 aromatic heterocycles. The fraction of sp³-hybridized carbons (Fsp3) is 0.667. The summed E-state index contributed by atoms with van der Waals surface area (Å²) < 4.78 is 27.7. The monoisotopic (exact) mass is 326 g/mol. The minimum atomic E-state index is -0.485. The molecule has 1 fully saturated rings. The summed E-state index contributed by atoms with van der Waals surface area (Å²) in [5.41, 5.74) is 0.326. The predicted octanol–water partition coefficient (Wildman–Crippen LogP) is 2.88. The van der Waals surface area contributed by atoms with Crippen molar-refractivity contribution in [2.75, 3.05) is 32.8 Å². The van der Waals surface area contributed by atoms with Crippen LogP contribution in [0.2, 0.25) is 0 Å². The van der Waals surface area contributed by atoms with Crippen LogP contribution in [0.15, 0.2) is 18.2 Å². The number of aliphatic hydroxyl groups is 1. The van der Waals surface area contributed by atoms with Gasteiger partial charge in [0, 0.05) is 50.9 Å². The second-order valence-electron chi connectivity index (χ2n) is 7.63. The Labute approximate surface area is 137 Å². The van der Waals surface area contributed by atoms with Gasteiger partial charge in [0.1, 0.15) is 11.6 Å². The van der Waals surface area contributed by atoms with E-state index in [1.165, 1.54) is 18.2 Å². The second kappa shape index (κ2) is 7.69. The minimum Gasteiger partial charge on any atom is -0.396 e. The van der Waals surface area contributed by atoms with Crippen molar-refractivity contribution in [3.63, 3.8) is 0 Å². The molecule has 1 heterocycles. The van der Waals surface area contributed by atoms with E-state index in [1.807, 2.05) is 0 Å². The highest BCUT2D eigenvalue weighted by molar-refractivity contribution is 5.19. The quantitative estimate of drug-likeness (QED) is 0.901. The summed E-state index contributed by atoms with van der Waals surface area (Å²) in [5, 5.41) is 9.33. The van der Waals surface area contributed by atoms with Crippen molar-refractivity contribution >= 4 is 0 Å². The lowest BCUT2D eigenvalue weighted by molar-refractivity contribution is 0.0331. The summed E-state index contributed by atoms with van der Waals surface area (Å²) >= 11 is 0. The molecule has 1 unspecified atom stereocenters. The molecule has 0 aliphatic carbocycles. The predicted molar refractivity (Wildman–Crippen MR) is 88.2 cm³/mol. The summed E-state index contributed by atoms with van der Waals surface area (Å²) in [6.45, 7) is 10.3. The third-order valence-electron chi connectivity index (χ3n) is 4.27. The number of piperazine rings is 1. The Hall–Kier alpha value is -1.04. The summed E-state index contributed by atoms with van der Waals surface area (Å²) in [5.74, 6) is -0.971. The van der Waals surface area contributed by atoms with Crippen LogP contribution in [0.4, 0.5) is 8.78 Å². The lowest BCUT2D eigenvalue weighted by Gasteiger charge is -2.44. The van der Waals surface area contributed by atoms with E-state index in [-0.39, 0.29) is 30.2 Å². The smallest absolute Gasteiger partial charge is 0.130 e. The molecule has 1 aromatic rings. The Morgan fingerprint density at radius 3 is 2.39 bits per heavy atom. The van der Waals surface area contributed by atoms with Gasteiger partial charge in [0.2, 0.25) is 0 Å². The molecule has 1 saturated heterocycles. The van der Waals surface area contributed by atoms with Crippen molar-refractivity contribution in [1.82, 2.24) is 9.80 Å². The summed E-state index contributed by atoms with van der Waals surface area (Å²) in [6.07, 6.45) is 0.687. The first kappa shape index (κ1) is 18.3. The lowest BCUT2D eigenvalue weighted by atomic mass is 9.94. The molecule has 0 amide bonds. The third-order valence-corrected chi connectivity index (χ3v) is 4.27. The van der Waals surface area contributed by atoms with Gasteiger partial charge in [-0.2, -0.15) is 0 Å². The first-order valence-corrected chi connectivity index (χ1v) is 8.30. The lowest BCUT2D eigenvalue weighted by Crippen LogP contribution is -2.55. The van der Waals surface area contributed by atoms with E-state index < -0.39 is 11.6 Å².